The standard InChI is InChI=1S/C20H32O10/c1-12-17(28-13(2)21)18(29-14(3)22)19(30-15(4)23)20(27-12)26-11-9-7-6-8-10-16(24)25-5/h12,17-20H,6-11H2,1-5H3/t12-,17+,18+,19-,20-/m0/s1. The molecule has 172 valence electrons. The van der Waals surface area contributed by atoms with E-state index in [2.05, 4.69) is 4.74 Å². The van der Waals surface area contributed by atoms with Gasteiger partial charge in [0.2, 0.25) is 0 Å². The van der Waals surface area contributed by atoms with Crippen LogP contribution >= 0.6 is 0 Å². The monoisotopic (exact) mass is 432 g/mol. The number of esters is 4. The highest BCUT2D eigenvalue weighted by Crippen LogP contribution is 2.29. The molecule has 1 aliphatic heterocycles. The number of carbonyl (C=O) groups excluding carboxylic acids is 4. The van der Waals surface area contributed by atoms with Crippen LogP contribution in [-0.4, -0.2) is 68.3 Å². The normalized spacial score (nSPS) is 25.8. The first-order valence-corrected chi connectivity index (χ1v) is 10.0. The summed E-state index contributed by atoms with van der Waals surface area (Å²) in [6.07, 6.45) is -1.32. The Balaban J connectivity index is 2.71. The lowest BCUT2D eigenvalue weighted by Gasteiger charge is -2.43. The maximum Gasteiger partial charge on any atom is 0.305 e. The van der Waals surface area contributed by atoms with Crippen molar-refractivity contribution in [2.24, 2.45) is 0 Å². The quantitative estimate of drug-likeness (QED) is 0.270. The van der Waals surface area contributed by atoms with Gasteiger partial charge in [-0.2, -0.15) is 0 Å². The van der Waals surface area contributed by atoms with Crippen LogP contribution in [0.5, 0.6) is 0 Å². The summed E-state index contributed by atoms with van der Waals surface area (Å²) < 4.78 is 32.0. The SMILES string of the molecule is COC(=O)CCCCCCO[C@H]1O[C@@H](C)[C@@H](OC(C)=O)[C@@H](OC(C)=O)[C@@H]1OC(C)=O. The Morgan fingerprint density at radius 3 is 1.87 bits per heavy atom. The molecule has 0 N–H and O–H groups in total. The van der Waals surface area contributed by atoms with Gasteiger partial charge in [0.1, 0.15) is 0 Å². The predicted molar refractivity (Wildman–Crippen MR) is 102 cm³/mol. The largest absolute Gasteiger partial charge is 0.469 e. The molecule has 0 aromatic carbocycles. The third-order valence-electron chi connectivity index (χ3n) is 4.42. The molecule has 0 aliphatic carbocycles. The van der Waals surface area contributed by atoms with Gasteiger partial charge in [-0.3, -0.25) is 19.2 Å². The lowest BCUT2D eigenvalue weighted by Crippen LogP contribution is -2.61. The van der Waals surface area contributed by atoms with Gasteiger partial charge < -0.3 is 28.4 Å². The second-order valence-electron chi connectivity index (χ2n) is 7.04. The van der Waals surface area contributed by atoms with Gasteiger partial charge in [-0.1, -0.05) is 12.8 Å². The van der Waals surface area contributed by atoms with Crippen molar-refractivity contribution in [1.29, 1.82) is 0 Å². The number of hydrogen-bond donors (Lipinski definition) is 0. The minimum Gasteiger partial charge on any atom is -0.469 e. The van der Waals surface area contributed by atoms with E-state index in [1.54, 1.807) is 6.92 Å². The Labute approximate surface area is 176 Å². The zero-order chi connectivity index (χ0) is 22.7. The molecule has 10 heteroatoms. The number of ether oxygens (including phenoxy) is 6. The Morgan fingerprint density at radius 2 is 1.30 bits per heavy atom. The van der Waals surface area contributed by atoms with Crippen LogP contribution in [0.25, 0.3) is 0 Å². The van der Waals surface area contributed by atoms with E-state index < -0.39 is 48.6 Å². The highest BCUT2D eigenvalue weighted by molar-refractivity contribution is 5.69. The molecule has 1 fully saturated rings. The van der Waals surface area contributed by atoms with Gasteiger partial charge >= 0.3 is 23.9 Å². The molecule has 30 heavy (non-hydrogen) atoms. The zero-order valence-electron chi connectivity index (χ0n) is 18.2. The highest BCUT2D eigenvalue weighted by atomic mass is 16.7. The summed E-state index contributed by atoms with van der Waals surface area (Å²) in [5, 5.41) is 0. The lowest BCUT2D eigenvalue weighted by molar-refractivity contribution is -0.300. The van der Waals surface area contributed by atoms with Crippen molar-refractivity contribution >= 4 is 23.9 Å². The van der Waals surface area contributed by atoms with Crippen LogP contribution in [0.1, 0.15) is 59.8 Å². The van der Waals surface area contributed by atoms with Crippen LogP contribution < -0.4 is 0 Å². The van der Waals surface area contributed by atoms with E-state index >= 15 is 0 Å². The second-order valence-corrected chi connectivity index (χ2v) is 7.04. The molecule has 0 aromatic heterocycles. The fourth-order valence-electron chi connectivity index (χ4n) is 3.13. The van der Waals surface area contributed by atoms with Gasteiger partial charge in [0.15, 0.2) is 24.6 Å². The topological polar surface area (TPSA) is 124 Å². The van der Waals surface area contributed by atoms with Crippen LogP contribution in [0.15, 0.2) is 0 Å². The van der Waals surface area contributed by atoms with Crippen LogP contribution in [0, 0.1) is 0 Å². The molecular formula is C20H32O10. The summed E-state index contributed by atoms with van der Waals surface area (Å²) in [4.78, 5) is 45.8. The minimum atomic E-state index is -1.09. The average molecular weight is 432 g/mol. The smallest absolute Gasteiger partial charge is 0.305 e. The molecule has 1 aliphatic rings. The first-order valence-electron chi connectivity index (χ1n) is 10.0. The van der Waals surface area contributed by atoms with E-state index in [-0.39, 0.29) is 5.97 Å². The minimum absolute atomic E-state index is 0.237. The van der Waals surface area contributed by atoms with Crippen molar-refractivity contribution in [3.8, 4) is 0 Å². The van der Waals surface area contributed by atoms with Crippen LogP contribution in [0.3, 0.4) is 0 Å². The molecule has 1 heterocycles. The molecule has 10 nitrogen and oxygen atoms in total. The van der Waals surface area contributed by atoms with E-state index in [1.807, 2.05) is 0 Å². The molecule has 0 spiro atoms. The third kappa shape index (κ3) is 9.08. The summed E-state index contributed by atoms with van der Waals surface area (Å²) in [6.45, 7) is 5.60. The number of hydrogen-bond acceptors (Lipinski definition) is 10. The predicted octanol–water partition coefficient (Wildman–Crippen LogP) is 1.67. The van der Waals surface area contributed by atoms with Gasteiger partial charge in [0.25, 0.3) is 0 Å². The number of methoxy groups -OCH3 is 1. The Kier molecular flexibility index (Phi) is 11.3. The Hall–Kier alpha value is -2.20. The van der Waals surface area contributed by atoms with E-state index in [0.29, 0.717) is 19.4 Å². The molecule has 5 atom stereocenters. The summed E-state index contributed by atoms with van der Waals surface area (Å²) in [5.74, 6) is -2.06. The fraction of sp³-hybridized carbons (Fsp3) is 0.800. The zero-order valence-corrected chi connectivity index (χ0v) is 18.2. The van der Waals surface area contributed by atoms with Gasteiger partial charge in [-0.05, 0) is 19.8 Å². The van der Waals surface area contributed by atoms with E-state index in [1.165, 1.54) is 27.9 Å². The van der Waals surface area contributed by atoms with Crippen molar-refractivity contribution in [2.45, 2.75) is 90.5 Å². The molecule has 0 unspecified atom stereocenters. The van der Waals surface area contributed by atoms with Crippen LogP contribution in [-0.2, 0) is 47.6 Å². The third-order valence-corrected chi connectivity index (χ3v) is 4.42. The molecule has 1 rings (SSSR count). The van der Waals surface area contributed by atoms with Gasteiger partial charge in [0, 0.05) is 33.8 Å². The van der Waals surface area contributed by atoms with Crippen LogP contribution in [0.4, 0.5) is 0 Å². The molecule has 0 saturated carbocycles. The summed E-state index contributed by atoms with van der Waals surface area (Å²) in [6, 6.07) is 0. The first kappa shape index (κ1) is 25.8. The fourth-order valence-corrected chi connectivity index (χ4v) is 3.13. The average Bonchev–Trinajstić information content (AvgIpc) is 2.65. The number of unbranched alkanes of at least 4 members (excludes halogenated alkanes) is 3. The maximum absolute atomic E-state index is 11.6. The van der Waals surface area contributed by atoms with E-state index in [0.717, 1.165) is 19.3 Å². The van der Waals surface area contributed by atoms with Gasteiger partial charge in [-0.25, -0.2) is 0 Å². The molecule has 0 radical (unpaired) electrons. The first-order chi connectivity index (χ1) is 14.1. The summed E-state index contributed by atoms with van der Waals surface area (Å²) >= 11 is 0. The number of carbonyl (C=O) groups is 4. The van der Waals surface area contributed by atoms with Gasteiger partial charge in [-0.15, -0.1) is 0 Å². The Bertz CT molecular complexity index is 590. The molecule has 1 saturated heterocycles. The van der Waals surface area contributed by atoms with Crippen molar-refractivity contribution < 1.29 is 47.6 Å². The van der Waals surface area contributed by atoms with E-state index in [4.69, 9.17) is 23.7 Å². The summed E-state index contributed by atoms with van der Waals surface area (Å²) in [7, 11) is 1.36. The number of rotatable bonds is 11. The molecule has 0 bridgehead atoms. The second kappa shape index (κ2) is 13.2. The maximum atomic E-state index is 11.6. The van der Waals surface area contributed by atoms with E-state index in [9.17, 15) is 19.2 Å². The molecule has 0 aromatic rings. The van der Waals surface area contributed by atoms with Crippen molar-refractivity contribution in [2.75, 3.05) is 13.7 Å². The van der Waals surface area contributed by atoms with Crippen molar-refractivity contribution in [3.63, 3.8) is 0 Å². The highest BCUT2D eigenvalue weighted by Gasteiger charge is 2.50. The lowest BCUT2D eigenvalue weighted by atomic mass is 9.99. The summed E-state index contributed by atoms with van der Waals surface area (Å²) in [5.41, 5.74) is 0. The molecular weight excluding hydrogens is 400 g/mol. The van der Waals surface area contributed by atoms with Crippen LogP contribution in [0.2, 0.25) is 0 Å². The van der Waals surface area contributed by atoms with Crippen molar-refractivity contribution in [1.82, 2.24) is 0 Å². The van der Waals surface area contributed by atoms with Crippen molar-refractivity contribution in [3.05, 3.63) is 0 Å². The molecule has 0 amide bonds. The Morgan fingerprint density at radius 1 is 0.767 bits per heavy atom. The van der Waals surface area contributed by atoms with Gasteiger partial charge in [0.05, 0.1) is 13.2 Å².